The van der Waals surface area contributed by atoms with Crippen LogP contribution in [-0.4, -0.2) is 55.0 Å². The van der Waals surface area contributed by atoms with Crippen molar-refractivity contribution in [2.24, 2.45) is 5.92 Å². The highest BCUT2D eigenvalue weighted by atomic mass is 19.1. The second kappa shape index (κ2) is 9.17. The SMILES string of the molecule is Cc1cccc(N2CCN(C(=O)C3CCCN(Cc4ccccc4F)C3)CC2)c1C. The van der Waals surface area contributed by atoms with Gasteiger partial charge < -0.3 is 9.80 Å². The Morgan fingerprint density at radius 2 is 1.77 bits per heavy atom. The Bertz CT molecular complexity index is 892. The molecule has 0 aliphatic carbocycles. The number of halogens is 1. The lowest BCUT2D eigenvalue weighted by molar-refractivity contribution is -0.137. The smallest absolute Gasteiger partial charge is 0.227 e. The molecule has 0 radical (unpaired) electrons. The third-order valence-corrected chi connectivity index (χ3v) is 6.71. The molecule has 1 atom stereocenters. The lowest BCUT2D eigenvalue weighted by Gasteiger charge is -2.40. The van der Waals surface area contributed by atoms with E-state index in [4.69, 9.17) is 0 Å². The third-order valence-electron chi connectivity index (χ3n) is 6.71. The molecule has 2 aromatic rings. The molecule has 0 N–H and O–H groups in total. The Morgan fingerprint density at radius 1 is 1.00 bits per heavy atom. The first-order chi connectivity index (χ1) is 14.5. The summed E-state index contributed by atoms with van der Waals surface area (Å²) >= 11 is 0. The summed E-state index contributed by atoms with van der Waals surface area (Å²) in [6.07, 6.45) is 1.93. The number of carbonyl (C=O) groups excluding carboxylic acids is 1. The molecule has 5 heteroatoms. The number of hydrogen-bond donors (Lipinski definition) is 0. The fourth-order valence-corrected chi connectivity index (χ4v) is 4.77. The quantitative estimate of drug-likeness (QED) is 0.764. The molecule has 4 rings (SSSR count). The molecule has 2 aromatic carbocycles. The predicted octanol–water partition coefficient (Wildman–Crippen LogP) is 4.00. The zero-order valence-corrected chi connectivity index (χ0v) is 18.1. The molecule has 2 aliphatic heterocycles. The molecular weight excluding hydrogens is 377 g/mol. The molecule has 160 valence electrons. The van der Waals surface area contributed by atoms with E-state index in [2.05, 4.69) is 41.8 Å². The molecule has 0 saturated carbocycles. The van der Waals surface area contributed by atoms with Crippen molar-refractivity contribution in [2.75, 3.05) is 44.2 Å². The zero-order chi connectivity index (χ0) is 21.1. The van der Waals surface area contributed by atoms with Crippen molar-refractivity contribution in [3.8, 4) is 0 Å². The van der Waals surface area contributed by atoms with Crippen LogP contribution < -0.4 is 4.90 Å². The Hall–Kier alpha value is -2.40. The number of rotatable bonds is 4. The zero-order valence-electron chi connectivity index (χ0n) is 18.1. The lowest BCUT2D eigenvalue weighted by atomic mass is 9.95. The van der Waals surface area contributed by atoms with Crippen LogP contribution in [0, 0.1) is 25.6 Å². The predicted molar refractivity (Wildman–Crippen MR) is 119 cm³/mol. The van der Waals surface area contributed by atoms with Crippen LogP contribution in [0.3, 0.4) is 0 Å². The largest absolute Gasteiger partial charge is 0.368 e. The summed E-state index contributed by atoms with van der Waals surface area (Å²) in [6, 6.07) is 13.4. The number of hydrogen-bond acceptors (Lipinski definition) is 3. The minimum Gasteiger partial charge on any atom is -0.368 e. The van der Waals surface area contributed by atoms with E-state index in [1.165, 1.54) is 22.9 Å². The van der Waals surface area contributed by atoms with Gasteiger partial charge in [-0.1, -0.05) is 30.3 Å². The van der Waals surface area contributed by atoms with Crippen LogP contribution in [0.4, 0.5) is 10.1 Å². The van der Waals surface area contributed by atoms with Crippen LogP contribution in [0.25, 0.3) is 0 Å². The van der Waals surface area contributed by atoms with Crippen LogP contribution in [-0.2, 0) is 11.3 Å². The summed E-state index contributed by atoms with van der Waals surface area (Å²) in [5.41, 5.74) is 4.64. The highest BCUT2D eigenvalue weighted by molar-refractivity contribution is 5.79. The van der Waals surface area contributed by atoms with E-state index in [0.717, 1.165) is 52.1 Å². The number of anilines is 1. The standard InChI is InChI=1S/C25H32FN3O/c1-19-7-5-11-24(20(19)2)28-13-15-29(16-14-28)25(30)22-9-6-12-27(18-22)17-21-8-3-4-10-23(21)26/h3-5,7-8,10-11,22H,6,9,12-18H2,1-2H3. The molecule has 2 heterocycles. The topological polar surface area (TPSA) is 26.8 Å². The number of likely N-dealkylation sites (tertiary alicyclic amines) is 1. The van der Waals surface area contributed by atoms with E-state index in [1.807, 2.05) is 17.0 Å². The summed E-state index contributed by atoms with van der Waals surface area (Å²) in [6.45, 7) is 9.86. The average Bonchev–Trinajstić information content (AvgIpc) is 2.77. The van der Waals surface area contributed by atoms with Crippen molar-refractivity contribution in [3.05, 3.63) is 65.0 Å². The molecule has 30 heavy (non-hydrogen) atoms. The Balaban J connectivity index is 1.33. The van der Waals surface area contributed by atoms with Gasteiger partial charge in [0.15, 0.2) is 0 Å². The maximum atomic E-state index is 14.0. The van der Waals surface area contributed by atoms with Crippen LogP contribution in [0.15, 0.2) is 42.5 Å². The van der Waals surface area contributed by atoms with Gasteiger partial charge in [-0.3, -0.25) is 9.69 Å². The molecule has 1 unspecified atom stereocenters. The van der Waals surface area contributed by atoms with Crippen molar-refractivity contribution < 1.29 is 9.18 Å². The van der Waals surface area contributed by atoms with E-state index >= 15 is 0 Å². The molecule has 0 bridgehead atoms. The van der Waals surface area contributed by atoms with Crippen molar-refractivity contribution in [1.82, 2.24) is 9.80 Å². The molecule has 1 amide bonds. The lowest BCUT2D eigenvalue weighted by Crippen LogP contribution is -2.52. The first-order valence-electron chi connectivity index (χ1n) is 11.1. The van der Waals surface area contributed by atoms with E-state index in [9.17, 15) is 9.18 Å². The maximum Gasteiger partial charge on any atom is 0.227 e. The highest BCUT2D eigenvalue weighted by Crippen LogP contribution is 2.26. The maximum absolute atomic E-state index is 14.0. The summed E-state index contributed by atoms with van der Waals surface area (Å²) in [5.74, 6) is 0.139. The Labute approximate surface area is 179 Å². The van der Waals surface area contributed by atoms with Gasteiger partial charge >= 0.3 is 0 Å². The third kappa shape index (κ3) is 4.51. The van der Waals surface area contributed by atoms with Crippen molar-refractivity contribution in [3.63, 3.8) is 0 Å². The van der Waals surface area contributed by atoms with Gasteiger partial charge in [-0.15, -0.1) is 0 Å². The van der Waals surface area contributed by atoms with E-state index < -0.39 is 0 Å². The van der Waals surface area contributed by atoms with Gasteiger partial charge in [0.2, 0.25) is 5.91 Å². The Morgan fingerprint density at radius 3 is 2.53 bits per heavy atom. The van der Waals surface area contributed by atoms with Gasteiger partial charge in [0.1, 0.15) is 5.82 Å². The summed E-state index contributed by atoms with van der Waals surface area (Å²) in [7, 11) is 0. The molecule has 2 fully saturated rings. The van der Waals surface area contributed by atoms with E-state index in [0.29, 0.717) is 12.1 Å². The van der Waals surface area contributed by atoms with Crippen LogP contribution in [0.5, 0.6) is 0 Å². The fourth-order valence-electron chi connectivity index (χ4n) is 4.77. The molecule has 4 nitrogen and oxygen atoms in total. The van der Waals surface area contributed by atoms with Gasteiger partial charge in [0.05, 0.1) is 5.92 Å². The van der Waals surface area contributed by atoms with Crippen LogP contribution in [0.2, 0.25) is 0 Å². The molecule has 0 aromatic heterocycles. The monoisotopic (exact) mass is 409 g/mol. The summed E-state index contributed by atoms with van der Waals surface area (Å²) < 4.78 is 14.0. The molecular formula is C25H32FN3O. The van der Waals surface area contributed by atoms with Crippen LogP contribution >= 0.6 is 0 Å². The summed E-state index contributed by atoms with van der Waals surface area (Å²) in [4.78, 5) is 19.9. The fraction of sp³-hybridized carbons (Fsp3) is 0.480. The number of piperidine rings is 1. The average molecular weight is 410 g/mol. The highest BCUT2D eigenvalue weighted by Gasteiger charge is 2.31. The molecule has 0 spiro atoms. The first kappa shape index (κ1) is 20.9. The Kier molecular flexibility index (Phi) is 6.38. The molecule has 2 saturated heterocycles. The number of aryl methyl sites for hydroxylation is 1. The van der Waals surface area contributed by atoms with Gasteiger partial charge in [0.25, 0.3) is 0 Å². The van der Waals surface area contributed by atoms with Crippen molar-refractivity contribution >= 4 is 11.6 Å². The van der Waals surface area contributed by atoms with E-state index in [-0.39, 0.29) is 17.6 Å². The second-order valence-electron chi connectivity index (χ2n) is 8.70. The number of nitrogens with zero attached hydrogens (tertiary/aromatic N) is 3. The molecule has 2 aliphatic rings. The van der Waals surface area contributed by atoms with Crippen molar-refractivity contribution in [1.29, 1.82) is 0 Å². The van der Waals surface area contributed by atoms with Gasteiger partial charge in [-0.25, -0.2) is 4.39 Å². The number of amides is 1. The van der Waals surface area contributed by atoms with E-state index in [1.54, 1.807) is 6.07 Å². The summed E-state index contributed by atoms with van der Waals surface area (Å²) in [5, 5.41) is 0. The van der Waals surface area contributed by atoms with Gasteiger partial charge in [0, 0.05) is 50.5 Å². The normalized spacial score (nSPS) is 20.4. The van der Waals surface area contributed by atoms with Gasteiger partial charge in [-0.2, -0.15) is 0 Å². The first-order valence-corrected chi connectivity index (χ1v) is 11.1. The van der Waals surface area contributed by atoms with Crippen molar-refractivity contribution in [2.45, 2.75) is 33.2 Å². The van der Waals surface area contributed by atoms with Crippen LogP contribution in [0.1, 0.15) is 29.5 Å². The van der Waals surface area contributed by atoms with Gasteiger partial charge in [-0.05, 0) is 56.5 Å². The number of piperazine rings is 1. The minimum atomic E-state index is -0.159. The number of carbonyl (C=O) groups is 1. The second-order valence-corrected chi connectivity index (χ2v) is 8.70. The number of benzene rings is 2. The minimum absolute atomic E-state index is 0.0257.